The van der Waals surface area contributed by atoms with E-state index in [1.165, 1.54) is 7.11 Å². The average Bonchev–Trinajstić information content (AvgIpc) is 3.10. The topological polar surface area (TPSA) is 96.0 Å². The first-order valence-corrected chi connectivity index (χ1v) is 10.7. The number of ketones is 1. The molecule has 1 aliphatic carbocycles. The van der Waals surface area contributed by atoms with Crippen LogP contribution in [0.5, 0.6) is 0 Å². The lowest BCUT2D eigenvalue weighted by atomic mass is 9.94. The minimum Gasteiger partial charge on any atom is -0.466 e. The van der Waals surface area contributed by atoms with Gasteiger partial charge in [-0.3, -0.25) is 14.4 Å². The molecule has 0 aliphatic heterocycles. The van der Waals surface area contributed by atoms with Gasteiger partial charge in [0.1, 0.15) is 12.2 Å². The van der Waals surface area contributed by atoms with E-state index >= 15 is 0 Å². The fourth-order valence-corrected chi connectivity index (χ4v) is 3.64. The zero-order valence-electron chi connectivity index (χ0n) is 18.2. The summed E-state index contributed by atoms with van der Waals surface area (Å²) in [5.74, 6) is -2.56. The Bertz CT molecular complexity index is 810. The highest BCUT2D eigenvalue weighted by molar-refractivity contribution is 6.21. The maximum atomic E-state index is 12.7. The van der Waals surface area contributed by atoms with Crippen LogP contribution in [-0.4, -0.2) is 37.4 Å². The molecule has 0 radical (unpaired) electrons. The zero-order valence-corrected chi connectivity index (χ0v) is 18.2. The van der Waals surface area contributed by atoms with Crippen molar-refractivity contribution >= 4 is 23.7 Å². The summed E-state index contributed by atoms with van der Waals surface area (Å²) in [5.41, 5.74) is 1.33. The summed E-state index contributed by atoms with van der Waals surface area (Å²) in [6.07, 6.45) is 3.75. The number of hydrogen-bond donors (Lipinski definition) is 0. The van der Waals surface area contributed by atoms with Crippen LogP contribution in [0, 0.1) is 5.92 Å². The summed E-state index contributed by atoms with van der Waals surface area (Å²) < 4.78 is 15.1. The Hall–Kier alpha value is -2.96. The van der Waals surface area contributed by atoms with Crippen molar-refractivity contribution in [3.63, 3.8) is 0 Å². The monoisotopic (exact) mass is 430 g/mol. The SMILES string of the molecule is CCOC(=O)CCCCCCC1=C(C(=O)OC)C(=O)CC1C(=O)OCc1ccccc1. The lowest BCUT2D eigenvalue weighted by Crippen LogP contribution is -2.18. The molecule has 0 amide bonds. The van der Waals surface area contributed by atoms with Crippen LogP contribution in [0.1, 0.15) is 57.4 Å². The molecule has 0 bridgehead atoms. The van der Waals surface area contributed by atoms with Crippen molar-refractivity contribution in [3.8, 4) is 0 Å². The predicted octanol–water partition coefficient (Wildman–Crippen LogP) is 3.69. The van der Waals surface area contributed by atoms with Crippen molar-refractivity contribution in [1.29, 1.82) is 0 Å². The van der Waals surface area contributed by atoms with E-state index in [9.17, 15) is 19.2 Å². The zero-order chi connectivity index (χ0) is 22.6. The van der Waals surface area contributed by atoms with Crippen LogP contribution in [0.4, 0.5) is 0 Å². The van der Waals surface area contributed by atoms with Crippen LogP contribution in [0.3, 0.4) is 0 Å². The molecular formula is C24H30O7. The van der Waals surface area contributed by atoms with Crippen LogP contribution >= 0.6 is 0 Å². The van der Waals surface area contributed by atoms with Crippen molar-refractivity contribution in [3.05, 3.63) is 47.0 Å². The summed E-state index contributed by atoms with van der Waals surface area (Å²) in [6, 6.07) is 9.27. The highest BCUT2D eigenvalue weighted by Gasteiger charge is 2.40. The molecule has 0 fully saturated rings. The molecular weight excluding hydrogens is 400 g/mol. The lowest BCUT2D eigenvalue weighted by Gasteiger charge is -2.14. The van der Waals surface area contributed by atoms with Crippen molar-refractivity contribution in [2.45, 2.75) is 58.5 Å². The van der Waals surface area contributed by atoms with E-state index < -0.39 is 17.9 Å². The Labute approximate surface area is 182 Å². The minimum atomic E-state index is -0.759. The molecule has 31 heavy (non-hydrogen) atoms. The van der Waals surface area contributed by atoms with Crippen LogP contribution in [0.15, 0.2) is 41.5 Å². The Morgan fingerprint density at radius 2 is 1.71 bits per heavy atom. The number of hydrogen-bond acceptors (Lipinski definition) is 7. The third kappa shape index (κ3) is 7.35. The van der Waals surface area contributed by atoms with Crippen LogP contribution in [0.25, 0.3) is 0 Å². The van der Waals surface area contributed by atoms with Crippen molar-refractivity contribution in [2.75, 3.05) is 13.7 Å². The molecule has 2 rings (SSSR count). The first-order valence-electron chi connectivity index (χ1n) is 10.7. The van der Waals surface area contributed by atoms with Crippen LogP contribution in [0.2, 0.25) is 0 Å². The number of Topliss-reactive ketones (excluding diaryl/α,β-unsaturated/α-hetero) is 1. The summed E-state index contributed by atoms with van der Waals surface area (Å²) >= 11 is 0. The van der Waals surface area contributed by atoms with Crippen molar-refractivity contribution < 1.29 is 33.4 Å². The van der Waals surface area contributed by atoms with Gasteiger partial charge in [0, 0.05) is 12.8 Å². The standard InChI is InChI=1S/C24H30O7/c1-3-30-21(26)14-10-5-4-9-13-18-19(15-20(25)22(18)24(28)29-2)23(27)31-16-17-11-7-6-8-12-17/h6-8,11-12,19H,3-5,9-10,13-16H2,1-2H3. The van der Waals surface area contributed by atoms with Crippen molar-refractivity contribution in [2.24, 2.45) is 5.92 Å². The van der Waals surface area contributed by atoms with E-state index in [1.807, 2.05) is 30.3 Å². The first kappa shape index (κ1) is 24.3. The molecule has 1 aromatic carbocycles. The number of ether oxygens (including phenoxy) is 3. The quantitative estimate of drug-likeness (QED) is 0.216. The van der Waals surface area contributed by atoms with Gasteiger partial charge in [-0.05, 0) is 37.3 Å². The number of carbonyl (C=O) groups excluding carboxylic acids is 4. The Morgan fingerprint density at radius 3 is 2.39 bits per heavy atom. The van der Waals surface area contributed by atoms with E-state index in [0.717, 1.165) is 18.4 Å². The fraction of sp³-hybridized carbons (Fsp3) is 0.500. The average molecular weight is 430 g/mol. The van der Waals surface area contributed by atoms with E-state index in [0.29, 0.717) is 37.9 Å². The van der Waals surface area contributed by atoms with Crippen molar-refractivity contribution in [1.82, 2.24) is 0 Å². The molecule has 1 unspecified atom stereocenters. The summed E-state index contributed by atoms with van der Waals surface area (Å²) in [7, 11) is 1.22. The van der Waals surface area contributed by atoms with Crippen LogP contribution in [-0.2, 0) is 40.0 Å². The number of methoxy groups -OCH3 is 1. The molecule has 168 valence electrons. The minimum absolute atomic E-state index is 0.0179. The van der Waals surface area contributed by atoms with E-state index in [2.05, 4.69) is 0 Å². The number of carbonyl (C=O) groups is 4. The number of esters is 3. The molecule has 1 aliphatic rings. The number of benzene rings is 1. The number of unbranched alkanes of at least 4 members (excludes halogenated alkanes) is 3. The van der Waals surface area contributed by atoms with Crippen LogP contribution < -0.4 is 0 Å². The molecule has 0 N–H and O–H groups in total. The van der Waals surface area contributed by atoms with Gasteiger partial charge in [-0.1, -0.05) is 43.2 Å². The smallest absolute Gasteiger partial charge is 0.341 e. The van der Waals surface area contributed by atoms with E-state index in [1.54, 1.807) is 6.92 Å². The Kier molecular flexibility index (Phi) is 9.94. The van der Waals surface area contributed by atoms with Gasteiger partial charge >= 0.3 is 17.9 Å². The first-order chi connectivity index (χ1) is 15.0. The van der Waals surface area contributed by atoms with Gasteiger partial charge in [-0.2, -0.15) is 0 Å². The molecule has 7 nitrogen and oxygen atoms in total. The summed E-state index contributed by atoms with van der Waals surface area (Å²) in [4.78, 5) is 48.7. The molecule has 7 heteroatoms. The molecule has 1 atom stereocenters. The van der Waals surface area contributed by atoms with Gasteiger partial charge in [0.05, 0.1) is 19.6 Å². The van der Waals surface area contributed by atoms with Gasteiger partial charge in [-0.15, -0.1) is 0 Å². The number of rotatable bonds is 12. The molecule has 0 saturated heterocycles. The maximum Gasteiger partial charge on any atom is 0.341 e. The summed E-state index contributed by atoms with van der Waals surface area (Å²) in [6.45, 7) is 2.26. The molecule has 0 spiro atoms. The molecule has 1 aromatic rings. The molecule has 0 aromatic heterocycles. The normalized spacial score (nSPS) is 15.7. The second-order valence-electron chi connectivity index (χ2n) is 7.38. The highest BCUT2D eigenvalue weighted by atomic mass is 16.5. The second-order valence-corrected chi connectivity index (χ2v) is 7.38. The van der Waals surface area contributed by atoms with Gasteiger partial charge < -0.3 is 14.2 Å². The Morgan fingerprint density at radius 1 is 1.00 bits per heavy atom. The van der Waals surface area contributed by atoms with Gasteiger partial charge in [0.25, 0.3) is 0 Å². The van der Waals surface area contributed by atoms with E-state index in [4.69, 9.17) is 14.2 Å². The Balaban J connectivity index is 1.95. The van der Waals surface area contributed by atoms with Gasteiger partial charge in [0.2, 0.25) is 0 Å². The molecule has 0 saturated carbocycles. The third-order valence-electron chi connectivity index (χ3n) is 5.19. The van der Waals surface area contributed by atoms with E-state index in [-0.39, 0.29) is 30.4 Å². The summed E-state index contributed by atoms with van der Waals surface area (Å²) in [5, 5.41) is 0. The third-order valence-corrected chi connectivity index (χ3v) is 5.19. The van der Waals surface area contributed by atoms with Gasteiger partial charge in [0.15, 0.2) is 5.78 Å². The molecule has 0 heterocycles. The largest absolute Gasteiger partial charge is 0.466 e. The lowest BCUT2D eigenvalue weighted by molar-refractivity contribution is -0.149. The predicted molar refractivity (Wildman–Crippen MR) is 113 cm³/mol. The highest BCUT2D eigenvalue weighted by Crippen LogP contribution is 2.35. The second kappa shape index (κ2) is 12.7. The maximum absolute atomic E-state index is 12.7. The fourth-order valence-electron chi connectivity index (χ4n) is 3.64. The van der Waals surface area contributed by atoms with Gasteiger partial charge in [-0.25, -0.2) is 4.79 Å².